The van der Waals surface area contributed by atoms with E-state index < -0.39 is 0 Å². The summed E-state index contributed by atoms with van der Waals surface area (Å²) in [6.45, 7) is 0.877. The maximum absolute atomic E-state index is 12.1. The van der Waals surface area contributed by atoms with Gasteiger partial charge in [-0.3, -0.25) is 0 Å². The Morgan fingerprint density at radius 1 is 1.39 bits per heavy atom. The maximum atomic E-state index is 12.1. The fraction of sp³-hybridized carbons (Fsp3) is 0.188. The second-order valence-electron chi connectivity index (χ2n) is 5.05. The summed E-state index contributed by atoms with van der Waals surface area (Å²) in [6, 6.07) is 12.1. The lowest BCUT2D eigenvalue weighted by Gasteiger charge is -2.38. The predicted octanol–water partition coefficient (Wildman–Crippen LogP) is 2.90. The number of pyridine rings is 1. The van der Waals surface area contributed by atoms with E-state index in [0.29, 0.717) is 35.2 Å². The van der Waals surface area contributed by atoms with Crippen LogP contribution >= 0.6 is 11.6 Å². The SMILES string of the molecule is N#Cc1cccnc1OC1CN(C(=O)Nc2cccc(Cl)c2)C1. The van der Waals surface area contributed by atoms with Crippen molar-refractivity contribution in [3.05, 3.63) is 53.2 Å². The molecule has 0 atom stereocenters. The Kier molecular flexibility index (Phi) is 4.31. The second kappa shape index (κ2) is 6.55. The molecule has 1 saturated heterocycles. The van der Waals surface area contributed by atoms with Crippen LogP contribution in [0.3, 0.4) is 0 Å². The van der Waals surface area contributed by atoms with Crippen LogP contribution < -0.4 is 10.1 Å². The van der Waals surface area contributed by atoms with E-state index in [1.54, 1.807) is 47.5 Å². The van der Waals surface area contributed by atoms with Gasteiger partial charge in [0.05, 0.1) is 13.1 Å². The zero-order valence-electron chi connectivity index (χ0n) is 12.1. The molecule has 0 spiro atoms. The molecule has 1 aromatic carbocycles. The minimum Gasteiger partial charge on any atom is -0.470 e. The molecule has 1 N–H and O–H groups in total. The number of amides is 2. The van der Waals surface area contributed by atoms with Crippen LogP contribution in [-0.2, 0) is 0 Å². The smallest absolute Gasteiger partial charge is 0.322 e. The number of benzene rings is 1. The first-order chi connectivity index (χ1) is 11.2. The number of ether oxygens (including phenoxy) is 1. The molecule has 0 aliphatic carbocycles. The third-order valence-electron chi connectivity index (χ3n) is 3.38. The van der Waals surface area contributed by atoms with Crippen LogP contribution in [-0.4, -0.2) is 35.1 Å². The van der Waals surface area contributed by atoms with Crippen molar-refractivity contribution >= 4 is 23.3 Å². The number of rotatable bonds is 3. The standard InChI is InChI=1S/C16H13ClN4O2/c17-12-4-1-5-13(7-12)20-16(22)21-9-14(10-21)23-15-11(8-18)3-2-6-19-15/h1-7,14H,9-10H2,(H,20,22). The van der Waals surface area contributed by atoms with Crippen LogP contribution in [0.15, 0.2) is 42.6 Å². The van der Waals surface area contributed by atoms with E-state index in [9.17, 15) is 4.79 Å². The van der Waals surface area contributed by atoms with Crippen molar-refractivity contribution in [2.45, 2.75) is 6.10 Å². The lowest BCUT2D eigenvalue weighted by Crippen LogP contribution is -2.57. The van der Waals surface area contributed by atoms with Gasteiger partial charge in [0.15, 0.2) is 0 Å². The Balaban J connectivity index is 1.53. The number of anilines is 1. The second-order valence-corrected chi connectivity index (χ2v) is 5.49. The van der Waals surface area contributed by atoms with Crippen LogP contribution in [0, 0.1) is 11.3 Å². The van der Waals surface area contributed by atoms with Gasteiger partial charge in [-0.2, -0.15) is 5.26 Å². The molecule has 1 aliphatic rings. The Labute approximate surface area is 138 Å². The van der Waals surface area contributed by atoms with Gasteiger partial charge in [-0.05, 0) is 30.3 Å². The third-order valence-corrected chi connectivity index (χ3v) is 3.62. The minimum atomic E-state index is -0.214. The fourth-order valence-electron chi connectivity index (χ4n) is 2.17. The van der Waals surface area contributed by atoms with E-state index >= 15 is 0 Å². The molecule has 0 saturated carbocycles. The fourth-order valence-corrected chi connectivity index (χ4v) is 2.37. The summed E-state index contributed by atoms with van der Waals surface area (Å²) >= 11 is 5.88. The molecule has 7 heteroatoms. The normalized spacial score (nSPS) is 13.8. The first-order valence-corrected chi connectivity index (χ1v) is 7.37. The van der Waals surface area contributed by atoms with Gasteiger partial charge < -0.3 is 15.0 Å². The highest BCUT2D eigenvalue weighted by molar-refractivity contribution is 6.30. The van der Waals surface area contributed by atoms with Crippen LogP contribution in [0.5, 0.6) is 5.88 Å². The summed E-state index contributed by atoms with van der Waals surface area (Å²) in [6.07, 6.45) is 1.40. The van der Waals surface area contributed by atoms with Gasteiger partial charge in [0.1, 0.15) is 17.7 Å². The van der Waals surface area contributed by atoms with Gasteiger partial charge in [-0.15, -0.1) is 0 Å². The van der Waals surface area contributed by atoms with E-state index in [-0.39, 0.29) is 12.1 Å². The van der Waals surface area contributed by atoms with Crippen molar-refractivity contribution in [3.8, 4) is 11.9 Å². The molecule has 1 fully saturated rings. The molecular formula is C16H13ClN4O2. The molecule has 3 rings (SSSR count). The lowest BCUT2D eigenvalue weighted by atomic mass is 10.2. The quantitative estimate of drug-likeness (QED) is 0.939. The Morgan fingerprint density at radius 2 is 2.22 bits per heavy atom. The van der Waals surface area contributed by atoms with Gasteiger partial charge in [-0.1, -0.05) is 17.7 Å². The monoisotopic (exact) mass is 328 g/mol. The highest BCUT2D eigenvalue weighted by atomic mass is 35.5. The molecule has 2 heterocycles. The molecule has 1 aromatic heterocycles. The number of nitriles is 1. The average Bonchev–Trinajstić information content (AvgIpc) is 2.50. The lowest BCUT2D eigenvalue weighted by molar-refractivity contribution is 0.0459. The topological polar surface area (TPSA) is 78.2 Å². The summed E-state index contributed by atoms with van der Waals surface area (Å²) in [7, 11) is 0. The number of carbonyl (C=O) groups excluding carboxylic acids is 1. The summed E-state index contributed by atoms with van der Waals surface area (Å²) in [5, 5.41) is 12.3. The molecule has 2 aromatic rings. The van der Waals surface area contributed by atoms with Crippen LogP contribution in [0.2, 0.25) is 5.02 Å². The average molecular weight is 329 g/mol. The molecule has 6 nitrogen and oxygen atoms in total. The molecule has 116 valence electrons. The summed E-state index contributed by atoms with van der Waals surface area (Å²) in [4.78, 5) is 17.7. The molecule has 1 aliphatic heterocycles. The molecule has 23 heavy (non-hydrogen) atoms. The van der Waals surface area contributed by atoms with Gasteiger partial charge in [-0.25, -0.2) is 9.78 Å². The van der Waals surface area contributed by atoms with Crippen molar-refractivity contribution in [1.82, 2.24) is 9.88 Å². The van der Waals surface area contributed by atoms with E-state index in [4.69, 9.17) is 21.6 Å². The van der Waals surface area contributed by atoms with Crippen LogP contribution in [0.4, 0.5) is 10.5 Å². The number of hydrogen-bond acceptors (Lipinski definition) is 4. The molecule has 2 amide bonds. The highest BCUT2D eigenvalue weighted by Gasteiger charge is 2.33. The largest absolute Gasteiger partial charge is 0.470 e. The van der Waals surface area contributed by atoms with Gasteiger partial charge in [0.2, 0.25) is 5.88 Å². The van der Waals surface area contributed by atoms with Crippen molar-refractivity contribution < 1.29 is 9.53 Å². The Bertz CT molecular complexity index is 769. The van der Waals surface area contributed by atoms with E-state index in [1.165, 1.54) is 0 Å². The number of nitrogens with zero attached hydrogens (tertiary/aromatic N) is 3. The molecule has 0 bridgehead atoms. The Hall–Kier alpha value is -2.78. The van der Waals surface area contributed by atoms with Crippen LogP contribution in [0.1, 0.15) is 5.56 Å². The van der Waals surface area contributed by atoms with Crippen molar-refractivity contribution in [1.29, 1.82) is 5.26 Å². The number of likely N-dealkylation sites (tertiary alicyclic amines) is 1. The number of halogens is 1. The third kappa shape index (κ3) is 3.52. The molecule has 0 unspecified atom stereocenters. The first kappa shape index (κ1) is 15.1. The summed E-state index contributed by atoms with van der Waals surface area (Å²) in [5.41, 5.74) is 1.03. The predicted molar refractivity (Wildman–Crippen MR) is 85.4 cm³/mol. The van der Waals surface area contributed by atoms with Crippen molar-refractivity contribution in [2.75, 3.05) is 18.4 Å². The molecule has 0 radical (unpaired) electrons. The Morgan fingerprint density at radius 3 is 2.96 bits per heavy atom. The van der Waals surface area contributed by atoms with E-state index in [1.807, 2.05) is 6.07 Å². The number of carbonyl (C=O) groups is 1. The minimum absolute atomic E-state index is 0.165. The highest BCUT2D eigenvalue weighted by Crippen LogP contribution is 2.21. The van der Waals surface area contributed by atoms with Crippen LogP contribution in [0.25, 0.3) is 0 Å². The number of urea groups is 1. The maximum Gasteiger partial charge on any atom is 0.322 e. The zero-order valence-corrected chi connectivity index (χ0v) is 12.8. The van der Waals surface area contributed by atoms with Gasteiger partial charge >= 0.3 is 6.03 Å². The summed E-state index contributed by atoms with van der Waals surface area (Å²) < 4.78 is 5.65. The molecular weight excluding hydrogens is 316 g/mol. The first-order valence-electron chi connectivity index (χ1n) is 6.99. The van der Waals surface area contributed by atoms with Gasteiger partial charge in [0, 0.05) is 16.9 Å². The van der Waals surface area contributed by atoms with Crippen molar-refractivity contribution in [3.63, 3.8) is 0 Å². The van der Waals surface area contributed by atoms with Gasteiger partial charge in [0.25, 0.3) is 0 Å². The van der Waals surface area contributed by atoms with E-state index in [0.717, 1.165) is 0 Å². The number of hydrogen-bond donors (Lipinski definition) is 1. The van der Waals surface area contributed by atoms with Crippen molar-refractivity contribution in [2.24, 2.45) is 0 Å². The number of aromatic nitrogens is 1. The van der Waals surface area contributed by atoms with E-state index in [2.05, 4.69) is 10.3 Å². The zero-order chi connectivity index (χ0) is 16.2. The number of nitrogens with one attached hydrogen (secondary N) is 1. The summed E-state index contributed by atoms with van der Waals surface area (Å²) in [5.74, 6) is 0.301.